The molecule has 0 aliphatic carbocycles. The van der Waals surface area contributed by atoms with Crippen LogP contribution in [0.1, 0.15) is 5.56 Å². The second-order valence-corrected chi connectivity index (χ2v) is 4.25. The zero-order valence-electron chi connectivity index (χ0n) is 9.16. The number of fused-ring (bicyclic) bond motifs is 2. The molecule has 2 N–H and O–H groups in total. The summed E-state index contributed by atoms with van der Waals surface area (Å²) in [6.45, 7) is 0.958. The van der Waals surface area contributed by atoms with Crippen molar-refractivity contribution in [1.82, 2.24) is 10.2 Å². The number of benzene rings is 1. The summed E-state index contributed by atoms with van der Waals surface area (Å²) in [5.41, 5.74) is 3.14. The zero-order valence-corrected chi connectivity index (χ0v) is 9.16. The topological polar surface area (TPSA) is 53.9 Å². The van der Waals surface area contributed by atoms with Gasteiger partial charge in [-0.25, -0.2) is 0 Å². The molecule has 0 unspecified atom stereocenters. The number of hydrogen-bond donors (Lipinski definition) is 2. The highest BCUT2D eigenvalue weighted by Crippen LogP contribution is 2.33. The summed E-state index contributed by atoms with van der Waals surface area (Å²) in [5, 5.41) is 11.7. The molecule has 0 saturated carbocycles. The number of nitrogens with zero attached hydrogens (tertiary/aromatic N) is 1. The quantitative estimate of drug-likeness (QED) is 0.669. The first-order valence-electron chi connectivity index (χ1n) is 5.72. The van der Waals surface area contributed by atoms with Gasteiger partial charge in [-0.2, -0.15) is 5.10 Å². The van der Waals surface area contributed by atoms with Crippen LogP contribution in [0.5, 0.6) is 0 Å². The monoisotopic (exact) mass is 225 g/mol. The summed E-state index contributed by atoms with van der Waals surface area (Å²) in [5.74, 6) is 1.82. The number of rotatable bonds is 1. The fourth-order valence-electron chi connectivity index (χ4n) is 2.37. The molecule has 1 aliphatic heterocycles. The normalized spacial score (nSPS) is 13.9. The van der Waals surface area contributed by atoms with Crippen LogP contribution in [0.2, 0.25) is 0 Å². The summed E-state index contributed by atoms with van der Waals surface area (Å²) in [4.78, 5) is 0. The van der Waals surface area contributed by atoms with Gasteiger partial charge in [-0.05, 0) is 18.6 Å². The van der Waals surface area contributed by atoms with Crippen LogP contribution in [0.25, 0.3) is 22.4 Å². The van der Waals surface area contributed by atoms with Crippen LogP contribution in [0, 0.1) is 0 Å². The predicted molar refractivity (Wildman–Crippen MR) is 66.0 cm³/mol. The number of hydrogen-bond acceptors (Lipinski definition) is 3. The minimum absolute atomic E-state index is 0.864. The summed E-state index contributed by atoms with van der Waals surface area (Å²) in [6, 6.07) is 10.1. The van der Waals surface area contributed by atoms with Gasteiger partial charge < -0.3 is 9.73 Å². The standard InChI is InChI=1S/C13H11N3O/c1-2-4-10-8(3-1)7-11(17-10)12-9-5-6-14-13(9)16-15-12/h1-4,7H,5-6H2,(H2,14,15,16). The maximum absolute atomic E-state index is 5.84. The lowest BCUT2D eigenvalue weighted by Crippen LogP contribution is -1.94. The Bertz CT molecular complexity index is 663. The molecular weight excluding hydrogens is 214 g/mol. The molecule has 17 heavy (non-hydrogen) atoms. The minimum atomic E-state index is 0.864. The van der Waals surface area contributed by atoms with Crippen molar-refractivity contribution in [2.45, 2.75) is 6.42 Å². The Kier molecular flexibility index (Phi) is 1.63. The van der Waals surface area contributed by atoms with Crippen LogP contribution in [0.15, 0.2) is 34.7 Å². The van der Waals surface area contributed by atoms with E-state index in [9.17, 15) is 0 Å². The third-order valence-corrected chi connectivity index (χ3v) is 3.21. The molecule has 0 bridgehead atoms. The third-order valence-electron chi connectivity index (χ3n) is 3.21. The molecule has 0 atom stereocenters. The van der Waals surface area contributed by atoms with Crippen molar-refractivity contribution in [3.05, 3.63) is 35.9 Å². The first-order valence-corrected chi connectivity index (χ1v) is 5.72. The summed E-state index contributed by atoms with van der Waals surface area (Å²) < 4.78 is 5.84. The van der Waals surface area contributed by atoms with Gasteiger partial charge in [-0.3, -0.25) is 5.10 Å². The molecule has 2 aromatic heterocycles. The van der Waals surface area contributed by atoms with Gasteiger partial charge in [0.25, 0.3) is 0 Å². The number of nitrogens with one attached hydrogen (secondary N) is 2. The summed E-state index contributed by atoms with van der Waals surface area (Å²) in [6.07, 6.45) is 0.998. The molecule has 0 spiro atoms. The maximum Gasteiger partial charge on any atom is 0.153 e. The number of aromatic amines is 1. The summed E-state index contributed by atoms with van der Waals surface area (Å²) in [7, 11) is 0. The van der Waals surface area contributed by atoms with E-state index in [1.807, 2.05) is 18.2 Å². The highest BCUT2D eigenvalue weighted by molar-refractivity contribution is 5.83. The smallest absolute Gasteiger partial charge is 0.153 e. The lowest BCUT2D eigenvalue weighted by Gasteiger charge is -1.93. The maximum atomic E-state index is 5.84. The molecule has 4 rings (SSSR count). The van der Waals surface area contributed by atoms with E-state index in [0.29, 0.717) is 0 Å². The molecule has 0 radical (unpaired) electrons. The predicted octanol–water partition coefficient (Wildman–Crippen LogP) is 2.79. The third kappa shape index (κ3) is 1.21. The van der Waals surface area contributed by atoms with Crippen LogP contribution in [0.3, 0.4) is 0 Å². The van der Waals surface area contributed by atoms with E-state index >= 15 is 0 Å². The van der Waals surface area contributed by atoms with E-state index in [1.165, 1.54) is 5.56 Å². The molecule has 3 aromatic rings. The molecule has 1 aromatic carbocycles. The fraction of sp³-hybridized carbons (Fsp3) is 0.154. The number of furan rings is 1. The Morgan fingerprint density at radius 1 is 1.24 bits per heavy atom. The molecular formula is C13H11N3O. The van der Waals surface area contributed by atoms with Gasteiger partial charge in [0.2, 0.25) is 0 Å². The Labute approximate surface area is 97.6 Å². The molecule has 0 amide bonds. The Balaban J connectivity index is 1.93. The molecule has 0 saturated heterocycles. The van der Waals surface area contributed by atoms with Gasteiger partial charge in [0.1, 0.15) is 11.3 Å². The SMILES string of the molecule is c1ccc2oc(-c3[nH]nc4c3CCN4)cc2c1. The van der Waals surface area contributed by atoms with E-state index in [-0.39, 0.29) is 0 Å². The number of anilines is 1. The van der Waals surface area contributed by atoms with Crippen molar-refractivity contribution in [3.63, 3.8) is 0 Å². The second kappa shape index (κ2) is 3.13. The molecule has 1 aliphatic rings. The van der Waals surface area contributed by atoms with E-state index in [0.717, 1.165) is 41.2 Å². The average molecular weight is 225 g/mol. The van der Waals surface area contributed by atoms with Crippen LogP contribution >= 0.6 is 0 Å². The van der Waals surface area contributed by atoms with Crippen LogP contribution < -0.4 is 5.32 Å². The van der Waals surface area contributed by atoms with Crippen LogP contribution in [-0.4, -0.2) is 16.7 Å². The highest BCUT2D eigenvalue weighted by atomic mass is 16.3. The first-order chi connectivity index (χ1) is 8.42. The number of H-pyrrole nitrogens is 1. The van der Waals surface area contributed by atoms with E-state index in [1.54, 1.807) is 0 Å². The van der Waals surface area contributed by atoms with Crippen molar-refractivity contribution < 1.29 is 4.42 Å². The molecule has 4 heteroatoms. The molecule has 84 valence electrons. The molecule has 3 heterocycles. The van der Waals surface area contributed by atoms with Gasteiger partial charge in [0, 0.05) is 17.5 Å². The van der Waals surface area contributed by atoms with Gasteiger partial charge in [0.15, 0.2) is 11.6 Å². The fourth-order valence-corrected chi connectivity index (χ4v) is 2.37. The summed E-state index contributed by atoms with van der Waals surface area (Å²) >= 11 is 0. The molecule has 0 fully saturated rings. The van der Waals surface area contributed by atoms with Gasteiger partial charge in [0.05, 0.1) is 0 Å². The van der Waals surface area contributed by atoms with E-state index < -0.39 is 0 Å². The molecule has 4 nitrogen and oxygen atoms in total. The minimum Gasteiger partial charge on any atom is -0.454 e. The highest BCUT2D eigenvalue weighted by Gasteiger charge is 2.21. The zero-order chi connectivity index (χ0) is 11.2. The average Bonchev–Trinajstić information content (AvgIpc) is 3.02. The van der Waals surface area contributed by atoms with Crippen LogP contribution in [-0.2, 0) is 6.42 Å². The van der Waals surface area contributed by atoms with Gasteiger partial charge in [-0.1, -0.05) is 18.2 Å². The first kappa shape index (κ1) is 8.87. The van der Waals surface area contributed by atoms with E-state index in [4.69, 9.17) is 4.42 Å². The van der Waals surface area contributed by atoms with Crippen LogP contribution in [0.4, 0.5) is 5.82 Å². The van der Waals surface area contributed by atoms with Crippen molar-refractivity contribution in [2.24, 2.45) is 0 Å². The van der Waals surface area contributed by atoms with Crippen molar-refractivity contribution in [3.8, 4) is 11.5 Å². The Hall–Kier alpha value is -2.23. The van der Waals surface area contributed by atoms with Crippen molar-refractivity contribution >= 4 is 16.8 Å². The van der Waals surface area contributed by atoms with Crippen molar-refractivity contribution in [2.75, 3.05) is 11.9 Å². The van der Waals surface area contributed by atoms with Gasteiger partial charge >= 0.3 is 0 Å². The lowest BCUT2D eigenvalue weighted by molar-refractivity contribution is 0.627. The van der Waals surface area contributed by atoms with Crippen molar-refractivity contribution in [1.29, 1.82) is 0 Å². The largest absolute Gasteiger partial charge is 0.454 e. The number of aromatic nitrogens is 2. The number of para-hydroxylation sites is 1. The Morgan fingerprint density at radius 2 is 2.18 bits per heavy atom. The lowest BCUT2D eigenvalue weighted by atomic mass is 10.1. The Morgan fingerprint density at radius 3 is 3.12 bits per heavy atom. The second-order valence-electron chi connectivity index (χ2n) is 4.25. The van der Waals surface area contributed by atoms with Gasteiger partial charge in [-0.15, -0.1) is 0 Å². The van der Waals surface area contributed by atoms with E-state index in [2.05, 4.69) is 27.6 Å².